The van der Waals surface area contributed by atoms with Gasteiger partial charge in [-0.15, -0.1) is 6.42 Å². The summed E-state index contributed by atoms with van der Waals surface area (Å²) >= 11 is 0. The van der Waals surface area contributed by atoms with Crippen molar-refractivity contribution in [1.82, 2.24) is 4.98 Å². The third kappa shape index (κ3) is 5.47. The number of carbonyl (C=O) groups excluding carboxylic acids is 1. The summed E-state index contributed by atoms with van der Waals surface area (Å²) in [6.45, 7) is 2.84. The molecule has 4 nitrogen and oxygen atoms in total. The molecule has 0 aliphatic carbocycles. The van der Waals surface area contributed by atoms with Crippen molar-refractivity contribution in [2.75, 3.05) is 16.8 Å². The zero-order valence-electron chi connectivity index (χ0n) is 16.3. The molecule has 0 aliphatic heterocycles. The Labute approximate surface area is 171 Å². The van der Waals surface area contributed by atoms with Crippen molar-refractivity contribution in [3.8, 4) is 12.3 Å². The number of amides is 1. The number of nitrogens with zero attached hydrogens (tertiary/aromatic N) is 2. The SMILES string of the molecule is C#CC(C)(C)N(C(=O)c1cc(C(F)(F)F)cnc1NCCC(F)F)c1ccccc1. The minimum atomic E-state index is -4.75. The van der Waals surface area contributed by atoms with Gasteiger partial charge in [-0.2, -0.15) is 13.2 Å². The van der Waals surface area contributed by atoms with Crippen molar-refractivity contribution >= 4 is 17.4 Å². The van der Waals surface area contributed by atoms with Crippen LogP contribution in [0.1, 0.15) is 36.2 Å². The topological polar surface area (TPSA) is 45.2 Å². The maximum absolute atomic E-state index is 13.4. The summed E-state index contributed by atoms with van der Waals surface area (Å²) in [5, 5.41) is 2.52. The van der Waals surface area contributed by atoms with E-state index in [4.69, 9.17) is 6.42 Å². The number of halogens is 5. The largest absolute Gasteiger partial charge is 0.417 e. The van der Waals surface area contributed by atoms with Gasteiger partial charge in [0.1, 0.15) is 11.4 Å². The Morgan fingerprint density at radius 1 is 1.23 bits per heavy atom. The first-order valence-corrected chi connectivity index (χ1v) is 8.94. The highest BCUT2D eigenvalue weighted by Gasteiger charge is 2.36. The lowest BCUT2D eigenvalue weighted by atomic mass is 10.0. The maximum atomic E-state index is 13.4. The number of para-hydroxylation sites is 1. The Morgan fingerprint density at radius 3 is 2.40 bits per heavy atom. The van der Waals surface area contributed by atoms with E-state index in [1.807, 2.05) is 0 Å². The first-order valence-electron chi connectivity index (χ1n) is 8.94. The molecule has 0 atom stereocenters. The number of aromatic nitrogens is 1. The Hall–Kier alpha value is -3.15. The van der Waals surface area contributed by atoms with Gasteiger partial charge >= 0.3 is 6.18 Å². The van der Waals surface area contributed by atoms with Crippen LogP contribution in [0.25, 0.3) is 0 Å². The van der Waals surface area contributed by atoms with Crippen molar-refractivity contribution in [2.24, 2.45) is 0 Å². The van der Waals surface area contributed by atoms with Gasteiger partial charge in [0.15, 0.2) is 0 Å². The van der Waals surface area contributed by atoms with Crippen LogP contribution in [0, 0.1) is 12.3 Å². The molecule has 1 heterocycles. The molecule has 160 valence electrons. The fourth-order valence-corrected chi connectivity index (χ4v) is 2.68. The van der Waals surface area contributed by atoms with Crippen LogP contribution in [-0.4, -0.2) is 29.4 Å². The summed E-state index contributed by atoms with van der Waals surface area (Å²) in [5.74, 6) is 1.38. The number of carbonyl (C=O) groups is 1. The van der Waals surface area contributed by atoms with Crippen LogP contribution in [-0.2, 0) is 6.18 Å². The second-order valence-corrected chi connectivity index (χ2v) is 6.90. The van der Waals surface area contributed by atoms with Gasteiger partial charge in [-0.1, -0.05) is 24.1 Å². The lowest BCUT2D eigenvalue weighted by Gasteiger charge is -2.35. The van der Waals surface area contributed by atoms with Crippen molar-refractivity contribution in [3.05, 3.63) is 53.7 Å². The molecule has 1 amide bonds. The number of terminal acetylenes is 1. The van der Waals surface area contributed by atoms with Crippen LogP contribution in [0.5, 0.6) is 0 Å². The van der Waals surface area contributed by atoms with E-state index < -0.39 is 41.6 Å². The predicted molar refractivity (Wildman–Crippen MR) is 105 cm³/mol. The normalized spacial score (nSPS) is 11.8. The number of benzene rings is 1. The smallest absolute Gasteiger partial charge is 0.369 e. The zero-order valence-corrected chi connectivity index (χ0v) is 16.3. The number of anilines is 2. The fraction of sp³-hybridized carbons (Fsp3) is 0.333. The molecular weight excluding hydrogens is 405 g/mol. The van der Waals surface area contributed by atoms with E-state index in [0.717, 1.165) is 0 Å². The summed E-state index contributed by atoms with van der Waals surface area (Å²) in [6.07, 6.45) is -1.81. The molecule has 2 rings (SSSR count). The van der Waals surface area contributed by atoms with Gasteiger partial charge < -0.3 is 5.32 Å². The van der Waals surface area contributed by atoms with E-state index in [0.29, 0.717) is 18.0 Å². The van der Waals surface area contributed by atoms with Crippen LogP contribution in [0.4, 0.5) is 33.5 Å². The number of alkyl halides is 5. The van der Waals surface area contributed by atoms with Crippen LogP contribution >= 0.6 is 0 Å². The molecule has 0 radical (unpaired) electrons. The first kappa shape index (κ1) is 23.1. The Bertz CT molecular complexity index is 920. The predicted octanol–water partition coefficient (Wildman–Crippen LogP) is 5.23. The van der Waals surface area contributed by atoms with Crippen molar-refractivity contribution < 1.29 is 26.7 Å². The van der Waals surface area contributed by atoms with Gasteiger partial charge in [-0.05, 0) is 32.0 Å². The summed E-state index contributed by atoms with van der Waals surface area (Å²) in [4.78, 5) is 18.2. The second kappa shape index (κ2) is 9.11. The molecule has 0 bridgehead atoms. The molecule has 0 aliphatic rings. The van der Waals surface area contributed by atoms with E-state index in [2.05, 4.69) is 16.2 Å². The first-order chi connectivity index (χ1) is 14.0. The average Bonchev–Trinajstić information content (AvgIpc) is 2.67. The van der Waals surface area contributed by atoms with Gasteiger partial charge in [0.25, 0.3) is 5.91 Å². The zero-order chi connectivity index (χ0) is 22.5. The highest BCUT2D eigenvalue weighted by molar-refractivity contribution is 6.10. The van der Waals surface area contributed by atoms with Gasteiger partial charge in [-0.25, -0.2) is 13.8 Å². The van der Waals surface area contributed by atoms with E-state index in [1.165, 1.54) is 4.90 Å². The molecule has 1 aromatic carbocycles. The monoisotopic (exact) mass is 425 g/mol. The molecule has 30 heavy (non-hydrogen) atoms. The van der Waals surface area contributed by atoms with Gasteiger partial charge in [0, 0.05) is 24.8 Å². The molecule has 0 unspecified atom stereocenters. The second-order valence-electron chi connectivity index (χ2n) is 6.90. The summed E-state index contributed by atoms with van der Waals surface area (Å²) in [6, 6.07) is 8.81. The standard InChI is InChI=1S/C21H20F5N3O/c1-4-20(2,3)29(15-8-6-5-7-9-15)19(30)16-12-14(21(24,25)26)13-28-18(16)27-11-10-17(22)23/h1,5-9,12-13,17H,10-11H2,2-3H3,(H,27,28). The van der Waals surface area contributed by atoms with Crippen molar-refractivity contribution in [1.29, 1.82) is 0 Å². The lowest BCUT2D eigenvalue weighted by Crippen LogP contribution is -2.47. The third-order valence-corrected chi connectivity index (χ3v) is 4.23. The molecule has 2 aromatic rings. The molecule has 0 saturated heterocycles. The van der Waals surface area contributed by atoms with E-state index in [1.54, 1.807) is 44.2 Å². The van der Waals surface area contributed by atoms with Gasteiger partial charge in [0.05, 0.1) is 11.1 Å². The number of rotatable bonds is 7. The third-order valence-electron chi connectivity index (χ3n) is 4.23. The van der Waals surface area contributed by atoms with Crippen molar-refractivity contribution in [3.63, 3.8) is 0 Å². The Morgan fingerprint density at radius 2 is 1.87 bits per heavy atom. The molecule has 1 N–H and O–H groups in total. The minimum Gasteiger partial charge on any atom is -0.369 e. The van der Waals surface area contributed by atoms with E-state index >= 15 is 0 Å². The molecule has 0 spiro atoms. The maximum Gasteiger partial charge on any atom is 0.417 e. The molecule has 9 heteroatoms. The minimum absolute atomic E-state index is 0.234. The van der Waals surface area contributed by atoms with E-state index in [9.17, 15) is 26.7 Å². The molecule has 0 saturated carbocycles. The van der Waals surface area contributed by atoms with E-state index in [-0.39, 0.29) is 12.4 Å². The van der Waals surface area contributed by atoms with Crippen LogP contribution < -0.4 is 10.2 Å². The number of hydrogen-bond acceptors (Lipinski definition) is 3. The molecule has 1 aromatic heterocycles. The summed E-state index contributed by atoms with van der Waals surface area (Å²) < 4.78 is 64.6. The lowest BCUT2D eigenvalue weighted by molar-refractivity contribution is -0.137. The summed E-state index contributed by atoms with van der Waals surface area (Å²) in [7, 11) is 0. The van der Waals surface area contributed by atoms with Gasteiger partial charge in [0.2, 0.25) is 6.43 Å². The van der Waals surface area contributed by atoms with Crippen LogP contribution in [0.15, 0.2) is 42.6 Å². The quantitative estimate of drug-likeness (QED) is 0.488. The Kier molecular flexibility index (Phi) is 7.03. The molecule has 0 fully saturated rings. The average molecular weight is 425 g/mol. The molecular formula is C21H20F5N3O. The van der Waals surface area contributed by atoms with Crippen LogP contribution in [0.3, 0.4) is 0 Å². The van der Waals surface area contributed by atoms with Gasteiger partial charge in [-0.3, -0.25) is 9.69 Å². The summed E-state index contributed by atoms with van der Waals surface area (Å²) in [5.41, 5.74) is -2.41. The number of nitrogens with one attached hydrogen (secondary N) is 1. The Balaban J connectivity index is 2.58. The highest BCUT2D eigenvalue weighted by atomic mass is 19.4. The number of pyridine rings is 1. The fourth-order valence-electron chi connectivity index (χ4n) is 2.68. The number of hydrogen-bond donors (Lipinski definition) is 1. The van der Waals surface area contributed by atoms with Crippen LogP contribution in [0.2, 0.25) is 0 Å². The van der Waals surface area contributed by atoms with Crippen molar-refractivity contribution in [2.45, 2.75) is 38.4 Å². The highest BCUT2D eigenvalue weighted by Crippen LogP contribution is 2.33.